The lowest BCUT2D eigenvalue weighted by atomic mass is 9.98. The molecule has 0 aliphatic carbocycles. The van der Waals surface area contributed by atoms with Gasteiger partial charge in [-0.05, 0) is 5.37 Å². The number of rotatable bonds is 1. The second-order valence-corrected chi connectivity index (χ2v) is 7.79. The minimum atomic E-state index is -3.41. The van der Waals surface area contributed by atoms with Gasteiger partial charge in [-0.3, -0.25) is 4.72 Å². The first-order chi connectivity index (χ1) is 4.81. The molecule has 4 nitrogen and oxygen atoms in total. The molecule has 1 unspecified atom stereocenters. The summed E-state index contributed by atoms with van der Waals surface area (Å²) in [4.78, 5) is 0. The van der Waals surface area contributed by atoms with Gasteiger partial charge in [0, 0.05) is 21.7 Å². The Morgan fingerprint density at radius 3 is 2.36 bits per heavy atom. The summed E-state index contributed by atoms with van der Waals surface area (Å²) in [5.74, 6) is 0. The molecule has 1 rings (SSSR count). The maximum absolute atomic E-state index is 10.8. The molecule has 11 heavy (non-hydrogen) atoms. The van der Waals surface area contributed by atoms with E-state index in [1.54, 1.807) is 5.37 Å². The standard InChI is InChI=1S/C5H12N2O2S2/c1-5(2)3-7-10(4-5)11(6,8)9/h4,7H,3H2,1-2H3,(H2,6,8,9). The van der Waals surface area contributed by atoms with E-state index in [9.17, 15) is 8.42 Å². The van der Waals surface area contributed by atoms with Crippen molar-refractivity contribution in [1.29, 1.82) is 0 Å². The highest BCUT2D eigenvalue weighted by atomic mass is 33.2. The normalized spacial score (nSPS) is 29.9. The molecule has 0 amide bonds. The third-order valence-electron chi connectivity index (χ3n) is 1.35. The van der Waals surface area contributed by atoms with Gasteiger partial charge in [0.25, 0.3) is 9.06 Å². The summed E-state index contributed by atoms with van der Waals surface area (Å²) in [6.45, 7) is 4.61. The van der Waals surface area contributed by atoms with Gasteiger partial charge in [0.1, 0.15) is 0 Å². The van der Waals surface area contributed by atoms with E-state index in [2.05, 4.69) is 4.72 Å². The second kappa shape index (κ2) is 2.55. The fourth-order valence-corrected chi connectivity index (χ4v) is 4.19. The van der Waals surface area contributed by atoms with Crippen LogP contribution in [0.3, 0.4) is 0 Å². The van der Waals surface area contributed by atoms with Gasteiger partial charge in [-0.2, -0.15) is 0 Å². The van der Waals surface area contributed by atoms with Crippen LogP contribution in [-0.2, 0) is 9.06 Å². The highest BCUT2D eigenvalue weighted by molar-refractivity contribution is 8.77. The molecule has 0 radical (unpaired) electrons. The summed E-state index contributed by atoms with van der Waals surface area (Å²) in [7, 11) is -4.35. The first-order valence-electron chi connectivity index (χ1n) is 3.17. The van der Waals surface area contributed by atoms with Crippen LogP contribution in [0.15, 0.2) is 0 Å². The molecule has 0 spiro atoms. The van der Waals surface area contributed by atoms with E-state index < -0.39 is 18.8 Å². The van der Waals surface area contributed by atoms with Crippen molar-refractivity contribution in [1.82, 2.24) is 4.72 Å². The highest BCUT2D eigenvalue weighted by Crippen LogP contribution is 2.27. The van der Waals surface area contributed by atoms with Crippen LogP contribution >= 0.6 is 9.70 Å². The van der Waals surface area contributed by atoms with Crippen LogP contribution in [-0.4, -0.2) is 20.3 Å². The zero-order chi connectivity index (χ0) is 8.70. The van der Waals surface area contributed by atoms with Gasteiger partial charge >= 0.3 is 0 Å². The van der Waals surface area contributed by atoms with Crippen molar-refractivity contribution in [3.8, 4) is 0 Å². The molecular formula is C5H12N2O2S2. The zero-order valence-corrected chi connectivity index (χ0v) is 8.13. The molecule has 1 atom stereocenters. The summed E-state index contributed by atoms with van der Waals surface area (Å²) in [5.41, 5.74) is -0.0600. The van der Waals surface area contributed by atoms with Crippen LogP contribution in [0.5, 0.6) is 0 Å². The Hall–Kier alpha value is 0.0900. The van der Waals surface area contributed by atoms with Gasteiger partial charge in [-0.1, -0.05) is 13.8 Å². The van der Waals surface area contributed by atoms with Crippen molar-refractivity contribution in [2.24, 2.45) is 10.6 Å². The van der Waals surface area contributed by atoms with Crippen molar-refractivity contribution >= 4 is 24.1 Å². The van der Waals surface area contributed by atoms with Crippen molar-refractivity contribution in [2.45, 2.75) is 13.8 Å². The first kappa shape index (κ1) is 9.18. The van der Waals surface area contributed by atoms with Gasteiger partial charge in [-0.25, -0.2) is 13.6 Å². The Labute approximate surface area is 68.7 Å². The third-order valence-corrected chi connectivity index (χ3v) is 5.27. The lowest BCUT2D eigenvalue weighted by Crippen LogP contribution is -2.19. The molecule has 6 heteroatoms. The molecule has 0 saturated heterocycles. The monoisotopic (exact) mass is 196 g/mol. The summed E-state index contributed by atoms with van der Waals surface area (Å²) in [6, 6.07) is 0. The zero-order valence-electron chi connectivity index (χ0n) is 6.49. The van der Waals surface area contributed by atoms with E-state index in [-0.39, 0.29) is 5.41 Å². The van der Waals surface area contributed by atoms with E-state index in [0.29, 0.717) is 6.54 Å². The van der Waals surface area contributed by atoms with Gasteiger partial charge in [-0.15, -0.1) is 0 Å². The molecule has 0 aromatic rings. The van der Waals surface area contributed by atoms with Crippen LogP contribution in [0.1, 0.15) is 13.8 Å². The molecule has 0 fully saturated rings. The number of nitrogens with one attached hydrogen (secondary N) is 1. The smallest absolute Gasteiger partial charge is 0.255 e. The van der Waals surface area contributed by atoms with Crippen LogP contribution in [0.2, 0.25) is 0 Å². The first-order valence-corrected chi connectivity index (χ1v) is 6.52. The molecule has 1 aliphatic heterocycles. The lowest BCUT2D eigenvalue weighted by molar-refractivity contribution is 0.549. The van der Waals surface area contributed by atoms with Crippen molar-refractivity contribution in [2.75, 3.05) is 6.54 Å². The van der Waals surface area contributed by atoms with Crippen LogP contribution < -0.4 is 9.86 Å². The topological polar surface area (TPSA) is 72.2 Å². The molecule has 1 aliphatic rings. The Kier molecular flexibility index (Phi) is 2.13. The SMILES string of the molecule is CC1(C)C=S(S(N)(=O)=O)NC1. The summed E-state index contributed by atoms with van der Waals surface area (Å²) >= 11 is 0. The van der Waals surface area contributed by atoms with Crippen molar-refractivity contribution in [3.05, 3.63) is 0 Å². The van der Waals surface area contributed by atoms with Gasteiger partial charge in [0.05, 0.1) is 0 Å². The molecule has 0 aromatic heterocycles. The van der Waals surface area contributed by atoms with Crippen LogP contribution in [0, 0.1) is 5.41 Å². The minimum absolute atomic E-state index is 0.0600. The molecule has 3 N–H and O–H groups in total. The van der Waals surface area contributed by atoms with E-state index in [4.69, 9.17) is 5.14 Å². The van der Waals surface area contributed by atoms with Crippen molar-refractivity contribution in [3.63, 3.8) is 0 Å². The lowest BCUT2D eigenvalue weighted by Gasteiger charge is -2.09. The van der Waals surface area contributed by atoms with E-state index in [1.807, 2.05) is 13.8 Å². The molecule has 0 bridgehead atoms. The van der Waals surface area contributed by atoms with Crippen LogP contribution in [0.25, 0.3) is 0 Å². The van der Waals surface area contributed by atoms with Crippen molar-refractivity contribution < 1.29 is 8.42 Å². The molecule has 1 heterocycles. The summed E-state index contributed by atoms with van der Waals surface area (Å²) < 4.78 is 24.5. The van der Waals surface area contributed by atoms with Gasteiger partial charge in [0.2, 0.25) is 0 Å². The van der Waals surface area contributed by atoms with Gasteiger partial charge in [0.15, 0.2) is 0 Å². The Morgan fingerprint density at radius 1 is 1.64 bits per heavy atom. The number of nitrogens with two attached hydrogens (primary N) is 1. The predicted molar refractivity (Wildman–Crippen MR) is 48.5 cm³/mol. The molecule has 0 saturated carbocycles. The maximum atomic E-state index is 10.8. The molecule has 0 aromatic carbocycles. The fraction of sp³-hybridized carbons (Fsp3) is 0.800. The Morgan fingerprint density at radius 2 is 2.18 bits per heavy atom. The number of hydrogen-bond donors (Lipinski definition) is 2. The van der Waals surface area contributed by atoms with E-state index >= 15 is 0 Å². The predicted octanol–water partition coefficient (Wildman–Crippen LogP) is -0.195. The Balaban J connectivity index is 2.97. The fourth-order valence-electron chi connectivity index (χ4n) is 0.779. The largest absolute Gasteiger partial charge is 0.269 e. The second-order valence-electron chi connectivity index (χ2n) is 3.22. The number of hydrogen-bond acceptors (Lipinski definition) is 3. The summed E-state index contributed by atoms with van der Waals surface area (Å²) in [5, 5.41) is 6.70. The van der Waals surface area contributed by atoms with E-state index in [0.717, 1.165) is 0 Å². The summed E-state index contributed by atoms with van der Waals surface area (Å²) in [6.07, 6.45) is 0. The average Bonchev–Trinajstić information content (AvgIpc) is 2.07. The molecule has 66 valence electrons. The average molecular weight is 196 g/mol. The van der Waals surface area contributed by atoms with Gasteiger partial charge < -0.3 is 0 Å². The minimum Gasteiger partial charge on any atom is -0.255 e. The quantitative estimate of drug-likeness (QED) is 0.451. The third kappa shape index (κ3) is 2.26. The maximum Gasteiger partial charge on any atom is 0.269 e. The Bertz CT molecular complexity index is 292. The molecular weight excluding hydrogens is 184 g/mol. The van der Waals surface area contributed by atoms with E-state index in [1.165, 1.54) is 0 Å². The highest BCUT2D eigenvalue weighted by Gasteiger charge is 2.26. The van der Waals surface area contributed by atoms with Crippen LogP contribution in [0.4, 0.5) is 0 Å².